The zero-order valence-electron chi connectivity index (χ0n) is 30.9. The Labute approximate surface area is 293 Å². The van der Waals surface area contributed by atoms with Crippen molar-refractivity contribution in [3.63, 3.8) is 0 Å². The molecule has 4 aromatic carbocycles. The van der Waals surface area contributed by atoms with Crippen LogP contribution in [0.4, 0.5) is 5.69 Å². The van der Waals surface area contributed by atoms with Crippen LogP contribution >= 0.6 is 0 Å². The van der Waals surface area contributed by atoms with Gasteiger partial charge in [0, 0.05) is 58.9 Å². The largest absolute Gasteiger partial charge is 0.507 e. The second kappa shape index (κ2) is 12.6. The Balaban J connectivity index is 1.38. The summed E-state index contributed by atoms with van der Waals surface area (Å²) in [7, 11) is 4.24. The standard InChI is InChI=1S/C45H52N2O2/c1-28-24-34(42(48)36(26-28)44(3,4)5)40-32(30-18-14-16-22-38(30)46(40)9)20-12-11-13-21-33-31-19-15-17-23-39(31)47(10)41(33)35-25-29(2)27-37(43(35)49)45(6,7)8/h11-20,22-27,33,41,48-49H,21H2,1-10H3/b13-11-,20-12+. The minimum Gasteiger partial charge on any atom is -0.507 e. The van der Waals surface area contributed by atoms with Crippen LogP contribution < -0.4 is 4.90 Å². The topological polar surface area (TPSA) is 48.6 Å². The average molecular weight is 653 g/mol. The van der Waals surface area contributed by atoms with Gasteiger partial charge in [0.2, 0.25) is 0 Å². The molecule has 2 heterocycles. The van der Waals surface area contributed by atoms with Gasteiger partial charge in [0.15, 0.2) is 0 Å². The molecule has 0 fully saturated rings. The number of benzene rings is 4. The number of para-hydroxylation sites is 2. The Morgan fingerprint density at radius 3 is 2.02 bits per heavy atom. The summed E-state index contributed by atoms with van der Waals surface area (Å²) in [5.74, 6) is 0.937. The summed E-state index contributed by atoms with van der Waals surface area (Å²) >= 11 is 0. The van der Waals surface area contributed by atoms with Crippen molar-refractivity contribution in [2.45, 2.75) is 84.6 Å². The molecule has 0 spiro atoms. The predicted molar refractivity (Wildman–Crippen MR) is 208 cm³/mol. The van der Waals surface area contributed by atoms with Gasteiger partial charge in [-0.1, -0.05) is 126 Å². The maximum absolute atomic E-state index is 11.7. The molecule has 5 aromatic rings. The number of rotatable bonds is 6. The lowest BCUT2D eigenvalue weighted by atomic mass is 9.80. The summed E-state index contributed by atoms with van der Waals surface area (Å²) in [6.45, 7) is 17.2. The van der Waals surface area contributed by atoms with E-state index in [1.165, 1.54) is 16.8 Å². The fraction of sp³-hybridized carbons (Fsp3) is 0.333. The van der Waals surface area contributed by atoms with Crippen molar-refractivity contribution in [1.29, 1.82) is 0 Å². The van der Waals surface area contributed by atoms with Crippen LogP contribution in [0.15, 0.2) is 91.0 Å². The van der Waals surface area contributed by atoms with Crippen LogP contribution in [-0.4, -0.2) is 21.8 Å². The number of aryl methyl sites for hydroxylation is 3. The highest BCUT2D eigenvalue weighted by Gasteiger charge is 2.39. The molecule has 2 unspecified atom stereocenters. The summed E-state index contributed by atoms with van der Waals surface area (Å²) in [5, 5.41) is 24.5. The summed E-state index contributed by atoms with van der Waals surface area (Å²) < 4.78 is 2.20. The third-order valence-corrected chi connectivity index (χ3v) is 10.3. The molecule has 2 atom stereocenters. The second-order valence-corrected chi connectivity index (χ2v) is 16.0. The Kier molecular flexibility index (Phi) is 8.81. The van der Waals surface area contributed by atoms with Gasteiger partial charge in [-0.15, -0.1) is 0 Å². The fourth-order valence-electron chi connectivity index (χ4n) is 7.90. The minimum atomic E-state index is -0.192. The van der Waals surface area contributed by atoms with Gasteiger partial charge in [-0.2, -0.15) is 0 Å². The molecule has 49 heavy (non-hydrogen) atoms. The van der Waals surface area contributed by atoms with Crippen LogP contribution in [0.5, 0.6) is 11.5 Å². The zero-order chi connectivity index (χ0) is 35.4. The van der Waals surface area contributed by atoms with Crippen LogP contribution in [0.3, 0.4) is 0 Å². The van der Waals surface area contributed by atoms with Crippen molar-refractivity contribution in [1.82, 2.24) is 4.57 Å². The van der Waals surface area contributed by atoms with E-state index in [0.29, 0.717) is 11.5 Å². The molecule has 0 saturated carbocycles. The van der Waals surface area contributed by atoms with Crippen LogP contribution in [0.2, 0.25) is 0 Å². The van der Waals surface area contributed by atoms with E-state index < -0.39 is 0 Å². The molecule has 4 nitrogen and oxygen atoms in total. The molecule has 0 saturated heterocycles. The molecule has 0 aliphatic carbocycles. The van der Waals surface area contributed by atoms with Gasteiger partial charge >= 0.3 is 0 Å². The van der Waals surface area contributed by atoms with Crippen LogP contribution in [-0.2, 0) is 17.9 Å². The first-order valence-corrected chi connectivity index (χ1v) is 17.5. The molecule has 1 aliphatic rings. The molecule has 1 aromatic heterocycles. The van der Waals surface area contributed by atoms with Gasteiger partial charge in [-0.25, -0.2) is 0 Å². The van der Waals surface area contributed by atoms with E-state index in [2.05, 4.69) is 176 Å². The summed E-state index contributed by atoms with van der Waals surface area (Å²) in [6, 6.07) is 25.6. The van der Waals surface area contributed by atoms with E-state index in [9.17, 15) is 10.2 Å². The van der Waals surface area contributed by atoms with Crippen molar-refractivity contribution in [2.75, 3.05) is 11.9 Å². The Morgan fingerprint density at radius 2 is 1.33 bits per heavy atom. The lowest BCUT2D eigenvalue weighted by molar-refractivity contribution is 0.427. The highest BCUT2D eigenvalue weighted by molar-refractivity contribution is 5.98. The highest BCUT2D eigenvalue weighted by Crippen LogP contribution is 2.53. The molecular weight excluding hydrogens is 601 g/mol. The van der Waals surface area contributed by atoms with Crippen molar-refractivity contribution in [3.8, 4) is 22.8 Å². The number of aromatic hydroxyl groups is 2. The zero-order valence-corrected chi connectivity index (χ0v) is 30.9. The maximum Gasteiger partial charge on any atom is 0.128 e. The average Bonchev–Trinajstić information content (AvgIpc) is 3.48. The second-order valence-electron chi connectivity index (χ2n) is 16.0. The first-order chi connectivity index (χ1) is 23.1. The first-order valence-electron chi connectivity index (χ1n) is 17.5. The van der Waals surface area contributed by atoms with Gasteiger partial charge in [-0.3, -0.25) is 0 Å². The third-order valence-electron chi connectivity index (χ3n) is 10.3. The van der Waals surface area contributed by atoms with E-state index in [0.717, 1.165) is 56.4 Å². The quantitative estimate of drug-likeness (QED) is 0.179. The van der Waals surface area contributed by atoms with Crippen LogP contribution in [0, 0.1) is 13.8 Å². The highest BCUT2D eigenvalue weighted by atomic mass is 16.3. The number of phenolic OH excluding ortho intramolecular Hbond substituents is 2. The van der Waals surface area contributed by atoms with Gasteiger partial charge < -0.3 is 19.7 Å². The lowest BCUT2D eigenvalue weighted by Crippen LogP contribution is -2.23. The smallest absolute Gasteiger partial charge is 0.128 e. The number of anilines is 1. The summed E-state index contributed by atoms with van der Waals surface area (Å²) in [6.07, 6.45) is 9.54. The molecule has 2 N–H and O–H groups in total. The van der Waals surface area contributed by atoms with E-state index in [4.69, 9.17) is 0 Å². The number of allylic oxidation sites excluding steroid dienone is 3. The molecule has 254 valence electrons. The number of phenols is 2. The van der Waals surface area contributed by atoms with Crippen LogP contribution in [0.1, 0.15) is 98.9 Å². The molecule has 0 amide bonds. The number of hydrogen-bond acceptors (Lipinski definition) is 3. The SMILES string of the molecule is Cc1cc(-c2c(/C=C/C=C\CC3c4ccccc4N(C)C3c3cc(C)cc(C(C)(C)C)c3O)c3ccccc3n2C)c(O)c(C(C)(C)C)c1. The number of aromatic nitrogens is 1. The number of likely N-dealkylation sites (N-methyl/N-ethyl adjacent to an activating group) is 1. The van der Waals surface area contributed by atoms with Gasteiger partial charge in [-0.05, 0) is 66.0 Å². The molecule has 0 bridgehead atoms. The van der Waals surface area contributed by atoms with E-state index >= 15 is 0 Å². The normalized spacial score (nSPS) is 16.8. The monoisotopic (exact) mass is 652 g/mol. The molecule has 4 heteroatoms. The number of nitrogens with zero attached hydrogens (tertiary/aromatic N) is 2. The fourth-order valence-corrected chi connectivity index (χ4v) is 7.90. The van der Waals surface area contributed by atoms with Crippen molar-refractivity contribution < 1.29 is 10.2 Å². The van der Waals surface area contributed by atoms with Crippen molar-refractivity contribution >= 4 is 22.7 Å². The molecular formula is C45H52N2O2. The first kappa shape index (κ1) is 34.2. The van der Waals surface area contributed by atoms with E-state index in [1.807, 2.05) is 0 Å². The minimum absolute atomic E-state index is 0.0120. The summed E-state index contributed by atoms with van der Waals surface area (Å²) in [5.41, 5.74) is 11.5. The van der Waals surface area contributed by atoms with Crippen molar-refractivity contribution in [3.05, 3.63) is 130 Å². The van der Waals surface area contributed by atoms with E-state index in [-0.39, 0.29) is 22.8 Å². The molecule has 1 aliphatic heterocycles. The molecule has 0 radical (unpaired) electrons. The Hall–Kier alpha value is -4.70. The van der Waals surface area contributed by atoms with E-state index in [1.54, 1.807) is 0 Å². The Morgan fingerprint density at radius 1 is 0.714 bits per heavy atom. The van der Waals surface area contributed by atoms with Gasteiger partial charge in [0.25, 0.3) is 0 Å². The maximum atomic E-state index is 11.7. The number of fused-ring (bicyclic) bond motifs is 2. The lowest BCUT2D eigenvalue weighted by Gasteiger charge is -2.31. The Bertz CT molecular complexity index is 2100. The molecule has 6 rings (SSSR count). The van der Waals surface area contributed by atoms with Gasteiger partial charge in [0.05, 0.1) is 11.7 Å². The third kappa shape index (κ3) is 6.18. The van der Waals surface area contributed by atoms with Gasteiger partial charge in [0.1, 0.15) is 11.5 Å². The predicted octanol–water partition coefficient (Wildman–Crippen LogP) is 11.4. The van der Waals surface area contributed by atoms with Crippen molar-refractivity contribution in [2.24, 2.45) is 7.05 Å². The number of hydrogen-bond donors (Lipinski definition) is 2. The summed E-state index contributed by atoms with van der Waals surface area (Å²) in [4.78, 5) is 2.34. The van der Waals surface area contributed by atoms with Crippen LogP contribution in [0.25, 0.3) is 28.2 Å².